The Hall–Kier alpha value is -0.820. The van der Waals surface area contributed by atoms with E-state index in [4.69, 9.17) is 6.11 Å². The van der Waals surface area contributed by atoms with Crippen molar-refractivity contribution in [1.82, 2.24) is 0 Å². The molecule has 1 saturated carbocycles. The van der Waals surface area contributed by atoms with Gasteiger partial charge in [-0.3, -0.25) is 0 Å². The molecule has 0 amide bonds. The van der Waals surface area contributed by atoms with Crippen molar-refractivity contribution in [3.05, 3.63) is 35.9 Å². The number of rotatable bonds is 6. The van der Waals surface area contributed by atoms with Crippen LogP contribution in [-0.2, 0) is 11.3 Å². The van der Waals surface area contributed by atoms with E-state index < -0.39 is 0 Å². The SMILES string of the molecule is [2H][C@@H]1[C@@H](CCC)[C@@H]1COCc1ccccc1. The summed E-state index contributed by atoms with van der Waals surface area (Å²) in [5.41, 5.74) is 1.22. The number of hydrogen-bond acceptors (Lipinski definition) is 1. The minimum absolute atomic E-state index is 0.135. The van der Waals surface area contributed by atoms with E-state index in [1.54, 1.807) is 0 Å². The predicted molar refractivity (Wildman–Crippen MR) is 62.6 cm³/mol. The van der Waals surface area contributed by atoms with Gasteiger partial charge in [-0.1, -0.05) is 50.1 Å². The Bertz CT molecular complexity index is 312. The molecular weight excluding hydrogens is 184 g/mol. The lowest BCUT2D eigenvalue weighted by atomic mass is 10.2. The molecular formula is C14H20O. The van der Waals surface area contributed by atoms with Crippen molar-refractivity contribution < 1.29 is 6.11 Å². The first-order valence-corrected chi connectivity index (χ1v) is 5.87. The summed E-state index contributed by atoms with van der Waals surface area (Å²) in [6.07, 6.45) is 2.51. The molecule has 82 valence electrons. The summed E-state index contributed by atoms with van der Waals surface area (Å²) in [5, 5.41) is 0. The highest BCUT2D eigenvalue weighted by molar-refractivity contribution is 5.13. The largest absolute Gasteiger partial charge is 0.376 e. The summed E-state index contributed by atoms with van der Waals surface area (Å²) in [4.78, 5) is 0. The fraction of sp³-hybridized carbons (Fsp3) is 0.571. The van der Waals surface area contributed by atoms with Crippen LogP contribution in [0.4, 0.5) is 0 Å². The van der Waals surface area contributed by atoms with E-state index in [9.17, 15) is 0 Å². The maximum absolute atomic E-state index is 7.82. The highest BCUT2D eigenvalue weighted by Crippen LogP contribution is 2.42. The van der Waals surface area contributed by atoms with E-state index in [2.05, 4.69) is 19.1 Å². The van der Waals surface area contributed by atoms with Gasteiger partial charge in [0.1, 0.15) is 0 Å². The average Bonchev–Trinajstić information content (AvgIpc) is 2.91. The molecule has 1 aromatic carbocycles. The molecule has 1 aromatic rings. The summed E-state index contributed by atoms with van der Waals surface area (Å²) in [5.74, 6) is 1.09. The van der Waals surface area contributed by atoms with Crippen molar-refractivity contribution in [2.24, 2.45) is 11.8 Å². The molecule has 0 unspecified atom stereocenters. The van der Waals surface area contributed by atoms with Crippen molar-refractivity contribution >= 4 is 0 Å². The second kappa shape index (κ2) is 5.32. The first-order valence-electron chi connectivity index (χ1n) is 6.44. The number of benzene rings is 1. The van der Waals surface area contributed by atoms with Gasteiger partial charge >= 0.3 is 0 Å². The van der Waals surface area contributed by atoms with Crippen molar-refractivity contribution in [2.75, 3.05) is 6.61 Å². The molecule has 0 spiro atoms. The Labute approximate surface area is 93.9 Å². The lowest BCUT2D eigenvalue weighted by Gasteiger charge is -2.03. The predicted octanol–water partition coefficient (Wildman–Crippen LogP) is 3.64. The first kappa shape index (κ1) is 9.41. The third kappa shape index (κ3) is 3.35. The summed E-state index contributed by atoms with van der Waals surface area (Å²) in [6.45, 7) is 3.63. The van der Waals surface area contributed by atoms with Crippen LogP contribution in [0.2, 0.25) is 0 Å². The Balaban J connectivity index is 1.66. The van der Waals surface area contributed by atoms with Gasteiger partial charge in [0.15, 0.2) is 0 Å². The zero-order valence-corrected chi connectivity index (χ0v) is 9.36. The van der Waals surface area contributed by atoms with Crippen LogP contribution in [0.5, 0.6) is 0 Å². The molecule has 2 rings (SSSR count). The number of ether oxygens (including phenoxy) is 1. The Morgan fingerprint density at radius 1 is 1.33 bits per heavy atom. The van der Waals surface area contributed by atoms with E-state index in [1.807, 2.05) is 18.2 Å². The molecule has 1 fully saturated rings. The van der Waals surface area contributed by atoms with Crippen LogP contribution in [0.25, 0.3) is 0 Å². The van der Waals surface area contributed by atoms with Crippen LogP contribution in [0, 0.1) is 11.8 Å². The average molecular weight is 205 g/mol. The van der Waals surface area contributed by atoms with E-state index in [0.717, 1.165) is 6.61 Å². The minimum Gasteiger partial charge on any atom is -0.376 e. The second-order valence-corrected chi connectivity index (χ2v) is 4.31. The highest BCUT2D eigenvalue weighted by Gasteiger charge is 2.35. The van der Waals surface area contributed by atoms with Crippen molar-refractivity contribution in [3.63, 3.8) is 0 Å². The fourth-order valence-corrected chi connectivity index (χ4v) is 1.96. The smallest absolute Gasteiger partial charge is 0.0717 e. The molecule has 0 N–H and O–H groups in total. The maximum Gasteiger partial charge on any atom is 0.0717 e. The second-order valence-electron chi connectivity index (χ2n) is 4.31. The number of hydrogen-bond donors (Lipinski definition) is 0. The molecule has 0 aliphatic heterocycles. The van der Waals surface area contributed by atoms with Crippen LogP contribution in [0.3, 0.4) is 0 Å². The van der Waals surface area contributed by atoms with Gasteiger partial charge in [0, 0.05) is 1.37 Å². The summed E-state index contributed by atoms with van der Waals surface area (Å²) < 4.78 is 13.5. The van der Waals surface area contributed by atoms with Gasteiger partial charge in [-0.2, -0.15) is 0 Å². The highest BCUT2D eigenvalue weighted by atomic mass is 16.5. The van der Waals surface area contributed by atoms with Gasteiger partial charge < -0.3 is 4.74 Å². The Morgan fingerprint density at radius 3 is 2.87 bits per heavy atom. The monoisotopic (exact) mass is 205 g/mol. The zero-order valence-electron chi connectivity index (χ0n) is 10.4. The molecule has 1 aliphatic rings. The lowest BCUT2D eigenvalue weighted by Crippen LogP contribution is -1.98. The third-order valence-corrected chi connectivity index (χ3v) is 2.95. The van der Waals surface area contributed by atoms with E-state index in [1.165, 1.54) is 18.4 Å². The molecule has 1 heteroatoms. The normalized spacial score (nSPS) is 29.9. The van der Waals surface area contributed by atoms with Crippen molar-refractivity contribution in [1.29, 1.82) is 0 Å². The molecule has 1 nitrogen and oxygen atoms in total. The zero-order chi connectivity index (χ0) is 11.4. The van der Waals surface area contributed by atoms with E-state index in [-0.39, 0.29) is 6.40 Å². The standard InChI is InChI=1S/C14H20O/c1-2-6-13-9-14(13)11-15-10-12-7-4-3-5-8-12/h3-5,7-8,13-14H,2,6,9-11H2,1H3/t13-,14+/m1/s1/i9D/t9-,13-,14+. The molecule has 0 saturated heterocycles. The Kier molecular flexibility index (Phi) is 3.33. The van der Waals surface area contributed by atoms with Gasteiger partial charge in [-0.15, -0.1) is 0 Å². The van der Waals surface area contributed by atoms with Crippen LogP contribution in [-0.4, -0.2) is 6.61 Å². The quantitative estimate of drug-likeness (QED) is 0.689. The van der Waals surface area contributed by atoms with Crippen LogP contribution in [0.1, 0.15) is 33.1 Å². The van der Waals surface area contributed by atoms with Gasteiger partial charge in [-0.25, -0.2) is 0 Å². The van der Waals surface area contributed by atoms with Gasteiger partial charge in [-0.05, 0) is 23.8 Å². The summed E-state index contributed by atoms with van der Waals surface area (Å²) in [7, 11) is 0. The van der Waals surface area contributed by atoms with Crippen molar-refractivity contribution in [3.8, 4) is 0 Å². The maximum atomic E-state index is 7.82. The lowest BCUT2D eigenvalue weighted by molar-refractivity contribution is 0.107. The molecule has 15 heavy (non-hydrogen) atoms. The molecule has 0 aromatic heterocycles. The third-order valence-electron chi connectivity index (χ3n) is 2.95. The summed E-state index contributed by atoms with van der Waals surface area (Å²) in [6, 6.07) is 10.2. The van der Waals surface area contributed by atoms with E-state index >= 15 is 0 Å². The van der Waals surface area contributed by atoms with Gasteiger partial charge in [0.05, 0.1) is 13.2 Å². The first-order chi connectivity index (χ1) is 7.83. The summed E-state index contributed by atoms with van der Waals surface area (Å²) >= 11 is 0. The minimum atomic E-state index is 0.135. The van der Waals surface area contributed by atoms with Crippen LogP contribution in [0.15, 0.2) is 30.3 Å². The molecule has 0 heterocycles. The van der Waals surface area contributed by atoms with Gasteiger partial charge in [0.25, 0.3) is 0 Å². The molecule has 1 aliphatic carbocycles. The Morgan fingerprint density at radius 2 is 2.13 bits per heavy atom. The van der Waals surface area contributed by atoms with Crippen LogP contribution >= 0.6 is 0 Å². The van der Waals surface area contributed by atoms with Gasteiger partial charge in [0.2, 0.25) is 0 Å². The van der Waals surface area contributed by atoms with Crippen molar-refractivity contribution in [2.45, 2.75) is 32.8 Å². The van der Waals surface area contributed by atoms with E-state index in [0.29, 0.717) is 18.4 Å². The topological polar surface area (TPSA) is 9.23 Å². The molecule has 0 radical (unpaired) electrons. The molecule has 0 bridgehead atoms. The fourth-order valence-electron chi connectivity index (χ4n) is 1.96. The van der Waals surface area contributed by atoms with Crippen LogP contribution < -0.4 is 0 Å². The molecule has 3 atom stereocenters.